The van der Waals surface area contributed by atoms with Crippen LogP contribution < -0.4 is 0 Å². The van der Waals surface area contributed by atoms with E-state index in [0.29, 0.717) is 24.5 Å². The Balaban J connectivity index is 1.37. The van der Waals surface area contributed by atoms with E-state index in [1.807, 2.05) is 40.1 Å². The fraction of sp³-hybridized carbons (Fsp3) is 0.400. The lowest BCUT2D eigenvalue weighted by Gasteiger charge is -2.36. The van der Waals surface area contributed by atoms with Crippen molar-refractivity contribution in [1.82, 2.24) is 19.7 Å². The quantitative estimate of drug-likeness (QED) is 0.762. The zero-order valence-electron chi connectivity index (χ0n) is 15.9. The second kappa shape index (κ2) is 7.52. The second-order valence-electron chi connectivity index (χ2n) is 7.48. The molecule has 2 aliphatic heterocycles. The van der Waals surface area contributed by atoms with E-state index in [1.54, 1.807) is 18.3 Å². The highest BCUT2D eigenvalue weighted by Gasteiger charge is 2.40. The number of sulfone groups is 1. The fourth-order valence-electron chi connectivity index (χ4n) is 3.91. The molecular weight excluding hydrogens is 376 g/mol. The maximum absolute atomic E-state index is 12.7. The van der Waals surface area contributed by atoms with Crippen LogP contribution in [0.2, 0.25) is 0 Å². The first-order chi connectivity index (χ1) is 13.4. The van der Waals surface area contributed by atoms with Crippen LogP contribution >= 0.6 is 0 Å². The molecule has 2 fully saturated rings. The summed E-state index contributed by atoms with van der Waals surface area (Å²) < 4.78 is 23.2. The predicted octanol–water partition coefficient (Wildman–Crippen LogP) is 1.61. The standard InChI is InChI=1S/C20H24N4O3S/c1-28(26,27)19-7-5-16(6-8-19)12-22-10-11-24-18(14-22)15-23(20(24)25)13-17-4-2-3-9-21-17/h2-9,18H,10-15H2,1H3/t18-/m1/s1. The first kappa shape index (κ1) is 18.9. The van der Waals surface area contributed by atoms with Crippen LogP contribution in [0.3, 0.4) is 0 Å². The Labute approximate surface area is 165 Å². The number of carbonyl (C=O) groups excluding carboxylic acids is 1. The largest absolute Gasteiger partial charge is 0.320 e. The molecule has 2 amide bonds. The Kier molecular flexibility index (Phi) is 5.07. The normalized spacial score (nSPS) is 20.5. The molecule has 4 rings (SSSR count). The Bertz CT molecular complexity index is 947. The number of benzene rings is 1. The molecule has 2 aromatic rings. The number of rotatable bonds is 5. The van der Waals surface area contributed by atoms with Gasteiger partial charge in [-0.1, -0.05) is 18.2 Å². The van der Waals surface area contributed by atoms with E-state index < -0.39 is 9.84 Å². The molecule has 1 aromatic heterocycles. The van der Waals surface area contributed by atoms with E-state index in [9.17, 15) is 13.2 Å². The highest BCUT2D eigenvalue weighted by molar-refractivity contribution is 7.90. The van der Waals surface area contributed by atoms with Crippen molar-refractivity contribution >= 4 is 15.9 Å². The lowest BCUT2D eigenvalue weighted by atomic mass is 10.1. The van der Waals surface area contributed by atoms with E-state index in [1.165, 1.54) is 6.26 Å². The minimum absolute atomic E-state index is 0.0906. The van der Waals surface area contributed by atoms with Gasteiger partial charge in [0.05, 0.1) is 23.2 Å². The summed E-state index contributed by atoms with van der Waals surface area (Å²) in [4.78, 5) is 23.5. The van der Waals surface area contributed by atoms with Gasteiger partial charge in [-0.2, -0.15) is 0 Å². The van der Waals surface area contributed by atoms with Crippen LogP contribution in [0, 0.1) is 0 Å². The van der Waals surface area contributed by atoms with Crippen LogP contribution in [0.15, 0.2) is 53.6 Å². The molecular formula is C20H24N4O3S. The first-order valence-electron chi connectivity index (χ1n) is 9.37. The Morgan fingerprint density at radius 2 is 1.82 bits per heavy atom. The molecule has 0 bridgehead atoms. The number of pyridine rings is 1. The van der Waals surface area contributed by atoms with Crippen LogP contribution in [0.4, 0.5) is 4.79 Å². The smallest absolute Gasteiger partial charge is 0.317 e. The van der Waals surface area contributed by atoms with Gasteiger partial charge in [-0.25, -0.2) is 13.2 Å². The molecule has 8 heteroatoms. The van der Waals surface area contributed by atoms with Gasteiger partial charge in [0.25, 0.3) is 0 Å². The van der Waals surface area contributed by atoms with E-state index in [0.717, 1.165) is 30.9 Å². The molecule has 148 valence electrons. The average Bonchev–Trinajstić information content (AvgIpc) is 2.97. The first-order valence-corrected chi connectivity index (χ1v) is 11.3. The van der Waals surface area contributed by atoms with Crippen LogP contribution in [0.1, 0.15) is 11.3 Å². The molecule has 7 nitrogen and oxygen atoms in total. The summed E-state index contributed by atoms with van der Waals surface area (Å²) in [6.07, 6.45) is 2.97. The SMILES string of the molecule is CS(=O)(=O)c1ccc(CN2CCN3C(=O)N(Cc4ccccn4)C[C@H]3C2)cc1. The van der Waals surface area contributed by atoms with Crippen molar-refractivity contribution in [2.24, 2.45) is 0 Å². The molecule has 2 saturated heterocycles. The van der Waals surface area contributed by atoms with Crippen molar-refractivity contribution in [2.45, 2.75) is 24.0 Å². The van der Waals surface area contributed by atoms with Crippen molar-refractivity contribution in [3.8, 4) is 0 Å². The van der Waals surface area contributed by atoms with Crippen molar-refractivity contribution in [2.75, 3.05) is 32.4 Å². The molecule has 2 aliphatic rings. The van der Waals surface area contributed by atoms with Crippen molar-refractivity contribution in [3.63, 3.8) is 0 Å². The summed E-state index contributed by atoms with van der Waals surface area (Å²) >= 11 is 0. The number of aromatic nitrogens is 1. The average molecular weight is 401 g/mol. The molecule has 28 heavy (non-hydrogen) atoms. The highest BCUT2D eigenvalue weighted by Crippen LogP contribution is 2.23. The van der Waals surface area contributed by atoms with Crippen LogP contribution in [-0.2, 0) is 22.9 Å². The second-order valence-corrected chi connectivity index (χ2v) is 9.50. The Morgan fingerprint density at radius 1 is 1.04 bits per heavy atom. The van der Waals surface area contributed by atoms with Gasteiger partial charge in [-0.3, -0.25) is 9.88 Å². The lowest BCUT2D eigenvalue weighted by Crippen LogP contribution is -2.51. The van der Waals surface area contributed by atoms with Gasteiger partial charge in [-0.15, -0.1) is 0 Å². The number of hydrogen-bond acceptors (Lipinski definition) is 5. The number of amides is 2. The summed E-state index contributed by atoms with van der Waals surface area (Å²) in [7, 11) is -3.17. The minimum atomic E-state index is -3.17. The number of fused-ring (bicyclic) bond motifs is 1. The summed E-state index contributed by atoms with van der Waals surface area (Å²) in [5, 5.41) is 0. The molecule has 0 aliphatic carbocycles. The molecule has 0 radical (unpaired) electrons. The third-order valence-corrected chi connectivity index (χ3v) is 6.48. The Hall–Kier alpha value is -2.45. The van der Waals surface area contributed by atoms with E-state index in [2.05, 4.69) is 9.88 Å². The summed E-state index contributed by atoms with van der Waals surface area (Å²) in [5.41, 5.74) is 1.98. The highest BCUT2D eigenvalue weighted by atomic mass is 32.2. The van der Waals surface area contributed by atoms with Crippen LogP contribution in [0.5, 0.6) is 0 Å². The fourth-order valence-corrected chi connectivity index (χ4v) is 4.54. The van der Waals surface area contributed by atoms with Gasteiger partial charge in [0.2, 0.25) is 0 Å². The Morgan fingerprint density at radius 3 is 2.50 bits per heavy atom. The third kappa shape index (κ3) is 4.02. The molecule has 0 N–H and O–H groups in total. The van der Waals surface area contributed by atoms with Gasteiger partial charge in [-0.05, 0) is 29.8 Å². The minimum Gasteiger partial charge on any atom is -0.317 e. The molecule has 1 atom stereocenters. The van der Waals surface area contributed by atoms with Crippen molar-refractivity contribution in [1.29, 1.82) is 0 Å². The van der Waals surface area contributed by atoms with Crippen LogP contribution in [0.25, 0.3) is 0 Å². The number of carbonyl (C=O) groups is 1. The molecule has 0 spiro atoms. The predicted molar refractivity (Wildman–Crippen MR) is 105 cm³/mol. The monoisotopic (exact) mass is 400 g/mol. The van der Waals surface area contributed by atoms with Crippen molar-refractivity contribution in [3.05, 3.63) is 59.9 Å². The van der Waals surface area contributed by atoms with E-state index in [4.69, 9.17) is 0 Å². The van der Waals surface area contributed by atoms with Gasteiger partial charge in [0.1, 0.15) is 0 Å². The van der Waals surface area contributed by atoms with Crippen LogP contribution in [-0.4, -0.2) is 72.6 Å². The number of hydrogen-bond donors (Lipinski definition) is 0. The molecule has 0 saturated carbocycles. The zero-order valence-corrected chi connectivity index (χ0v) is 16.7. The number of urea groups is 1. The van der Waals surface area contributed by atoms with E-state index in [-0.39, 0.29) is 12.1 Å². The molecule has 0 unspecified atom stereocenters. The van der Waals surface area contributed by atoms with E-state index >= 15 is 0 Å². The van der Waals surface area contributed by atoms with Gasteiger partial charge in [0.15, 0.2) is 9.84 Å². The van der Waals surface area contributed by atoms with Gasteiger partial charge in [0, 0.05) is 45.2 Å². The van der Waals surface area contributed by atoms with Gasteiger partial charge >= 0.3 is 6.03 Å². The topological polar surface area (TPSA) is 73.8 Å². The third-order valence-electron chi connectivity index (χ3n) is 5.35. The van der Waals surface area contributed by atoms with Crippen molar-refractivity contribution < 1.29 is 13.2 Å². The summed E-state index contributed by atoms with van der Waals surface area (Å²) in [5.74, 6) is 0. The maximum atomic E-state index is 12.7. The number of piperazine rings is 1. The molecule has 1 aromatic carbocycles. The summed E-state index contributed by atoms with van der Waals surface area (Å²) in [6.45, 7) is 4.34. The zero-order chi connectivity index (χ0) is 19.7. The summed E-state index contributed by atoms with van der Waals surface area (Å²) in [6, 6.07) is 13.1. The maximum Gasteiger partial charge on any atom is 0.320 e. The van der Waals surface area contributed by atoms with Gasteiger partial charge < -0.3 is 9.80 Å². The number of nitrogens with zero attached hydrogens (tertiary/aromatic N) is 4. The lowest BCUT2D eigenvalue weighted by molar-refractivity contribution is 0.116. The molecule has 3 heterocycles.